The summed E-state index contributed by atoms with van der Waals surface area (Å²) in [5, 5.41) is 10.2. The first kappa shape index (κ1) is 14.4. The van der Waals surface area contributed by atoms with Crippen molar-refractivity contribution in [3.05, 3.63) is 23.8 Å². The maximum Gasteiger partial charge on any atom is 0.173 e. The third kappa shape index (κ3) is 1.82. The molecule has 1 aromatic rings. The van der Waals surface area contributed by atoms with Crippen LogP contribution < -0.4 is 4.74 Å². The molecule has 114 valence electrons. The first-order valence-corrected chi connectivity index (χ1v) is 7.76. The summed E-state index contributed by atoms with van der Waals surface area (Å²) in [5.74, 6) is 1.75. The number of hydrogen-bond acceptors (Lipinski definition) is 3. The van der Waals surface area contributed by atoms with E-state index in [4.69, 9.17) is 4.74 Å². The number of methoxy groups -OCH3 is 1. The first-order chi connectivity index (χ1) is 9.84. The van der Waals surface area contributed by atoms with Crippen LogP contribution in [0.25, 0.3) is 0 Å². The maximum atomic E-state index is 13.1. The van der Waals surface area contributed by atoms with Crippen LogP contribution in [0, 0.1) is 22.7 Å². The predicted octanol–water partition coefficient (Wildman–Crippen LogP) is 4.05. The lowest BCUT2D eigenvalue weighted by Gasteiger charge is -2.27. The number of aromatic hydroxyl groups is 1. The Balaban J connectivity index is 1.98. The fourth-order valence-corrected chi connectivity index (χ4v) is 4.70. The van der Waals surface area contributed by atoms with Gasteiger partial charge in [0.15, 0.2) is 5.78 Å². The summed E-state index contributed by atoms with van der Waals surface area (Å²) < 4.78 is 5.10. The van der Waals surface area contributed by atoms with Gasteiger partial charge < -0.3 is 9.84 Å². The number of rotatable bonds is 3. The van der Waals surface area contributed by atoms with Crippen molar-refractivity contribution in [1.29, 1.82) is 0 Å². The van der Waals surface area contributed by atoms with Crippen LogP contribution in [0.1, 0.15) is 50.4 Å². The van der Waals surface area contributed by atoms with Gasteiger partial charge in [0.05, 0.1) is 12.7 Å². The summed E-state index contributed by atoms with van der Waals surface area (Å²) in [7, 11) is 1.55. The minimum atomic E-state index is -0.281. The van der Waals surface area contributed by atoms with E-state index in [1.54, 1.807) is 19.2 Å². The van der Waals surface area contributed by atoms with Gasteiger partial charge in [0.1, 0.15) is 11.5 Å². The van der Waals surface area contributed by atoms with E-state index in [-0.39, 0.29) is 22.4 Å². The molecule has 0 aromatic heterocycles. The van der Waals surface area contributed by atoms with Crippen molar-refractivity contribution in [3.63, 3.8) is 0 Å². The monoisotopic (exact) mass is 288 g/mol. The molecule has 0 aliphatic heterocycles. The molecular formula is C18H24O3. The molecular weight excluding hydrogens is 264 g/mol. The van der Waals surface area contributed by atoms with Crippen molar-refractivity contribution in [2.24, 2.45) is 22.7 Å². The van der Waals surface area contributed by atoms with Gasteiger partial charge in [0.25, 0.3) is 0 Å². The van der Waals surface area contributed by atoms with Crippen molar-refractivity contribution in [3.8, 4) is 11.5 Å². The molecule has 3 nitrogen and oxygen atoms in total. The van der Waals surface area contributed by atoms with Gasteiger partial charge in [0.2, 0.25) is 0 Å². The minimum Gasteiger partial charge on any atom is -0.507 e. The number of carbonyl (C=O) groups is 1. The Morgan fingerprint density at radius 3 is 2.67 bits per heavy atom. The fourth-order valence-electron chi connectivity index (χ4n) is 4.70. The number of fused-ring (bicyclic) bond motifs is 1. The quantitative estimate of drug-likeness (QED) is 0.854. The van der Waals surface area contributed by atoms with E-state index in [9.17, 15) is 9.90 Å². The largest absolute Gasteiger partial charge is 0.507 e. The Bertz CT molecular complexity index is 590. The smallest absolute Gasteiger partial charge is 0.173 e. The summed E-state index contributed by atoms with van der Waals surface area (Å²) in [6.45, 7) is 6.63. The summed E-state index contributed by atoms with van der Waals surface area (Å²) >= 11 is 0. The van der Waals surface area contributed by atoms with E-state index in [1.165, 1.54) is 12.5 Å². The minimum absolute atomic E-state index is 0.0356. The van der Waals surface area contributed by atoms with E-state index < -0.39 is 0 Å². The lowest BCUT2D eigenvalue weighted by molar-refractivity contribution is 0.0807. The Labute approximate surface area is 126 Å². The maximum absolute atomic E-state index is 13.1. The number of phenols is 1. The number of Topliss-reactive ketones (excluding diaryl/α,β-unsaturated/α-hetero) is 1. The number of phenolic OH excluding ortho intramolecular Hbond substituents is 1. The standard InChI is InChI=1S/C18H24O3/c1-11-5-8-15-17(2,3)18(15,10-11)16(20)13-7-6-12(21-4)9-14(13)19/h6-7,9,11,15,19H,5,8,10H2,1-4H3/t11-,15-,18+/m1/s1. The summed E-state index contributed by atoms with van der Waals surface area (Å²) in [6, 6.07) is 4.98. The average molecular weight is 288 g/mol. The Hall–Kier alpha value is -1.51. The van der Waals surface area contributed by atoms with Gasteiger partial charge >= 0.3 is 0 Å². The van der Waals surface area contributed by atoms with Crippen LogP contribution >= 0.6 is 0 Å². The van der Waals surface area contributed by atoms with Gasteiger partial charge in [0, 0.05) is 11.5 Å². The second kappa shape index (κ2) is 4.49. The van der Waals surface area contributed by atoms with Gasteiger partial charge in [-0.25, -0.2) is 0 Å². The van der Waals surface area contributed by atoms with Crippen molar-refractivity contribution >= 4 is 5.78 Å². The highest BCUT2D eigenvalue weighted by atomic mass is 16.5. The van der Waals surface area contributed by atoms with Gasteiger partial charge in [-0.1, -0.05) is 27.2 Å². The van der Waals surface area contributed by atoms with E-state index in [2.05, 4.69) is 20.8 Å². The molecule has 0 radical (unpaired) electrons. The molecule has 0 amide bonds. The molecule has 2 aliphatic carbocycles. The van der Waals surface area contributed by atoms with E-state index in [0.29, 0.717) is 23.1 Å². The molecule has 0 spiro atoms. The van der Waals surface area contributed by atoms with Crippen LogP contribution in [-0.2, 0) is 0 Å². The molecule has 1 N–H and O–H groups in total. The fraction of sp³-hybridized carbons (Fsp3) is 0.611. The highest BCUT2D eigenvalue weighted by Crippen LogP contribution is 2.76. The molecule has 3 atom stereocenters. The molecule has 0 unspecified atom stereocenters. The SMILES string of the molecule is COc1ccc(C(=O)[C@]23C[C@H](C)CC[C@@H]2C3(C)C)c(O)c1. The second-order valence-corrected chi connectivity index (χ2v) is 7.34. The number of ether oxygens (including phenoxy) is 1. The molecule has 0 heterocycles. The van der Waals surface area contributed by atoms with Gasteiger partial charge in [-0.15, -0.1) is 0 Å². The first-order valence-electron chi connectivity index (χ1n) is 7.76. The number of carbonyl (C=O) groups excluding carboxylic acids is 1. The Kier molecular flexibility index (Phi) is 3.09. The van der Waals surface area contributed by atoms with Crippen LogP contribution in [0.5, 0.6) is 11.5 Å². The highest BCUT2D eigenvalue weighted by molar-refractivity contribution is 6.05. The molecule has 21 heavy (non-hydrogen) atoms. The Morgan fingerprint density at radius 1 is 1.33 bits per heavy atom. The number of hydrogen-bond donors (Lipinski definition) is 1. The van der Waals surface area contributed by atoms with Crippen LogP contribution in [0.3, 0.4) is 0 Å². The van der Waals surface area contributed by atoms with E-state index in [1.807, 2.05) is 0 Å². The van der Waals surface area contributed by atoms with E-state index >= 15 is 0 Å². The highest BCUT2D eigenvalue weighted by Gasteiger charge is 2.75. The molecule has 1 aromatic carbocycles. The van der Waals surface area contributed by atoms with Crippen molar-refractivity contribution in [2.45, 2.75) is 40.0 Å². The van der Waals surface area contributed by atoms with Gasteiger partial charge in [-0.05, 0) is 42.2 Å². The van der Waals surface area contributed by atoms with Crippen molar-refractivity contribution in [1.82, 2.24) is 0 Å². The topological polar surface area (TPSA) is 46.5 Å². The molecule has 0 bridgehead atoms. The number of ketones is 1. The molecule has 2 aliphatic rings. The van der Waals surface area contributed by atoms with Crippen molar-refractivity contribution < 1.29 is 14.6 Å². The lowest BCUT2D eigenvalue weighted by atomic mass is 9.76. The molecule has 0 saturated heterocycles. The van der Waals surface area contributed by atoms with Crippen LogP contribution in [0.2, 0.25) is 0 Å². The third-order valence-corrected chi connectivity index (χ3v) is 6.01. The average Bonchev–Trinajstić information content (AvgIpc) is 2.94. The number of benzene rings is 1. The molecule has 3 heteroatoms. The zero-order valence-corrected chi connectivity index (χ0v) is 13.3. The molecule has 2 fully saturated rings. The molecule has 2 saturated carbocycles. The Morgan fingerprint density at radius 2 is 2.05 bits per heavy atom. The second-order valence-electron chi connectivity index (χ2n) is 7.34. The van der Waals surface area contributed by atoms with Crippen LogP contribution in [0.4, 0.5) is 0 Å². The zero-order chi connectivity index (χ0) is 15.4. The van der Waals surface area contributed by atoms with Gasteiger partial charge in [-0.2, -0.15) is 0 Å². The van der Waals surface area contributed by atoms with Crippen LogP contribution in [-0.4, -0.2) is 18.0 Å². The van der Waals surface area contributed by atoms with Crippen LogP contribution in [0.15, 0.2) is 18.2 Å². The van der Waals surface area contributed by atoms with E-state index in [0.717, 1.165) is 12.8 Å². The summed E-state index contributed by atoms with van der Waals surface area (Å²) in [4.78, 5) is 13.1. The van der Waals surface area contributed by atoms with Gasteiger partial charge in [-0.3, -0.25) is 4.79 Å². The zero-order valence-electron chi connectivity index (χ0n) is 13.3. The summed E-state index contributed by atoms with van der Waals surface area (Å²) in [6.07, 6.45) is 3.27. The normalized spacial score (nSPS) is 33.1. The predicted molar refractivity (Wildman–Crippen MR) is 81.7 cm³/mol. The molecule has 3 rings (SSSR count). The summed E-state index contributed by atoms with van der Waals surface area (Å²) in [5.41, 5.74) is 0.207. The van der Waals surface area contributed by atoms with Crippen molar-refractivity contribution in [2.75, 3.05) is 7.11 Å². The third-order valence-electron chi connectivity index (χ3n) is 6.01. The lowest BCUT2D eigenvalue weighted by Crippen LogP contribution is -2.27.